The zero-order chi connectivity index (χ0) is 20.9. The zero-order valence-corrected chi connectivity index (χ0v) is 17.1. The van der Waals surface area contributed by atoms with Gasteiger partial charge in [0.1, 0.15) is 5.75 Å². The molecule has 4 rings (SSSR count). The van der Waals surface area contributed by atoms with Gasteiger partial charge in [0.05, 0.1) is 17.7 Å². The molecular weight excluding hydrogens is 378 g/mol. The summed E-state index contributed by atoms with van der Waals surface area (Å²) in [6.07, 6.45) is 2.18. The number of hydrogen-bond acceptors (Lipinski definition) is 5. The summed E-state index contributed by atoms with van der Waals surface area (Å²) in [7, 11) is 1.82. The van der Waals surface area contributed by atoms with E-state index in [-0.39, 0.29) is 24.7 Å². The SMILES string of the molecule is CN(C(=O)COc1ccnc2ccccc12)[C@H](CN1CC[C@H](O)C1)c1ccccc1. The lowest BCUT2D eigenvalue weighted by Crippen LogP contribution is -2.40. The Bertz CT molecular complexity index is 990. The quantitative estimate of drug-likeness (QED) is 0.655. The van der Waals surface area contributed by atoms with E-state index in [0.717, 1.165) is 29.4 Å². The molecule has 6 nitrogen and oxygen atoms in total. The number of rotatable bonds is 7. The van der Waals surface area contributed by atoms with Crippen molar-refractivity contribution in [1.82, 2.24) is 14.8 Å². The van der Waals surface area contributed by atoms with Gasteiger partial charge in [-0.3, -0.25) is 14.7 Å². The molecule has 1 aromatic heterocycles. The Morgan fingerprint density at radius 1 is 1.20 bits per heavy atom. The third-order valence-electron chi connectivity index (χ3n) is 5.68. The first kappa shape index (κ1) is 20.3. The van der Waals surface area contributed by atoms with Crippen molar-refractivity contribution in [3.05, 3.63) is 72.4 Å². The maximum atomic E-state index is 13.0. The minimum atomic E-state index is -0.286. The van der Waals surface area contributed by atoms with E-state index in [0.29, 0.717) is 18.8 Å². The van der Waals surface area contributed by atoms with Crippen LogP contribution < -0.4 is 4.74 Å². The van der Waals surface area contributed by atoms with Gasteiger partial charge in [0.25, 0.3) is 5.91 Å². The van der Waals surface area contributed by atoms with Crippen LogP contribution in [0.15, 0.2) is 66.9 Å². The number of benzene rings is 2. The maximum absolute atomic E-state index is 13.0. The molecule has 1 N–H and O–H groups in total. The molecule has 2 heterocycles. The number of aromatic nitrogens is 1. The maximum Gasteiger partial charge on any atom is 0.260 e. The summed E-state index contributed by atoms with van der Waals surface area (Å²) in [5.74, 6) is 0.561. The molecule has 2 atom stereocenters. The van der Waals surface area contributed by atoms with E-state index >= 15 is 0 Å². The van der Waals surface area contributed by atoms with E-state index in [9.17, 15) is 9.90 Å². The number of β-amino-alcohol motifs (C(OH)–C–C–N with tert-alkyl or cyclic N) is 1. The number of amides is 1. The number of hydrogen-bond donors (Lipinski definition) is 1. The van der Waals surface area contributed by atoms with Gasteiger partial charge in [-0.2, -0.15) is 0 Å². The highest BCUT2D eigenvalue weighted by atomic mass is 16.5. The Morgan fingerprint density at radius 3 is 2.73 bits per heavy atom. The van der Waals surface area contributed by atoms with Crippen molar-refractivity contribution >= 4 is 16.8 Å². The van der Waals surface area contributed by atoms with Crippen molar-refractivity contribution < 1.29 is 14.6 Å². The van der Waals surface area contributed by atoms with E-state index in [1.807, 2.05) is 61.6 Å². The topological polar surface area (TPSA) is 65.9 Å². The number of ether oxygens (including phenoxy) is 1. The predicted molar refractivity (Wildman–Crippen MR) is 116 cm³/mol. The molecule has 0 unspecified atom stereocenters. The summed E-state index contributed by atoms with van der Waals surface area (Å²) in [5, 5.41) is 10.8. The third kappa shape index (κ3) is 4.61. The minimum Gasteiger partial charge on any atom is -0.483 e. The normalized spacial score (nSPS) is 17.7. The van der Waals surface area contributed by atoms with E-state index in [1.165, 1.54) is 0 Å². The molecule has 30 heavy (non-hydrogen) atoms. The monoisotopic (exact) mass is 405 g/mol. The first-order valence-electron chi connectivity index (χ1n) is 10.3. The highest BCUT2D eigenvalue weighted by Crippen LogP contribution is 2.25. The summed E-state index contributed by atoms with van der Waals surface area (Å²) >= 11 is 0. The number of aliphatic hydroxyl groups is 1. The van der Waals surface area contributed by atoms with Crippen molar-refractivity contribution in [2.75, 3.05) is 33.3 Å². The van der Waals surface area contributed by atoms with Crippen molar-refractivity contribution in [2.24, 2.45) is 0 Å². The Hall–Kier alpha value is -2.96. The van der Waals surface area contributed by atoms with Gasteiger partial charge in [0.15, 0.2) is 6.61 Å². The number of nitrogens with zero attached hydrogens (tertiary/aromatic N) is 3. The molecule has 3 aromatic rings. The second-order valence-electron chi connectivity index (χ2n) is 7.75. The Kier molecular flexibility index (Phi) is 6.26. The fraction of sp³-hybridized carbons (Fsp3) is 0.333. The van der Waals surface area contributed by atoms with E-state index in [2.05, 4.69) is 9.88 Å². The van der Waals surface area contributed by atoms with Crippen LogP contribution in [0, 0.1) is 0 Å². The first-order valence-corrected chi connectivity index (χ1v) is 10.3. The number of carbonyl (C=O) groups excluding carboxylic acids is 1. The number of likely N-dealkylation sites (tertiary alicyclic amines) is 1. The molecule has 156 valence electrons. The average molecular weight is 405 g/mol. The lowest BCUT2D eigenvalue weighted by atomic mass is 10.0. The smallest absolute Gasteiger partial charge is 0.260 e. The highest BCUT2D eigenvalue weighted by Gasteiger charge is 2.28. The molecule has 2 aromatic carbocycles. The van der Waals surface area contributed by atoms with E-state index in [1.54, 1.807) is 17.2 Å². The number of carbonyl (C=O) groups is 1. The molecule has 0 saturated carbocycles. The molecule has 6 heteroatoms. The highest BCUT2D eigenvalue weighted by molar-refractivity contribution is 5.85. The van der Waals surface area contributed by atoms with Crippen LogP contribution in [0.3, 0.4) is 0 Å². The summed E-state index contributed by atoms with van der Waals surface area (Å²) in [6.45, 7) is 2.12. The zero-order valence-electron chi connectivity index (χ0n) is 17.1. The van der Waals surface area contributed by atoms with Crippen molar-refractivity contribution in [3.63, 3.8) is 0 Å². The van der Waals surface area contributed by atoms with Gasteiger partial charge in [0.2, 0.25) is 0 Å². The second-order valence-corrected chi connectivity index (χ2v) is 7.75. The van der Waals surface area contributed by atoms with Gasteiger partial charge in [-0.15, -0.1) is 0 Å². The van der Waals surface area contributed by atoms with Crippen LogP contribution in [-0.2, 0) is 4.79 Å². The summed E-state index contributed by atoms with van der Waals surface area (Å²) in [5.41, 5.74) is 1.91. The number of aliphatic hydroxyl groups excluding tert-OH is 1. The van der Waals surface area contributed by atoms with Crippen LogP contribution >= 0.6 is 0 Å². The lowest BCUT2D eigenvalue weighted by molar-refractivity contribution is -0.134. The predicted octanol–water partition coefficient (Wildman–Crippen LogP) is 2.88. The first-order chi connectivity index (χ1) is 14.6. The second kappa shape index (κ2) is 9.24. The Labute approximate surface area is 176 Å². The minimum absolute atomic E-state index is 0.0452. The number of para-hydroxylation sites is 1. The van der Waals surface area contributed by atoms with Gasteiger partial charge >= 0.3 is 0 Å². The summed E-state index contributed by atoms with van der Waals surface area (Å²) in [6, 6.07) is 19.4. The largest absolute Gasteiger partial charge is 0.483 e. The molecule has 1 fully saturated rings. The van der Waals surface area contributed by atoms with Crippen LogP contribution in [0.2, 0.25) is 0 Å². The molecular formula is C24H27N3O3. The number of pyridine rings is 1. The van der Waals surface area contributed by atoms with Crippen LogP contribution in [0.25, 0.3) is 10.9 Å². The van der Waals surface area contributed by atoms with Gasteiger partial charge < -0.3 is 14.7 Å². The van der Waals surface area contributed by atoms with Gasteiger partial charge in [-0.05, 0) is 30.2 Å². The Balaban J connectivity index is 1.47. The van der Waals surface area contributed by atoms with E-state index < -0.39 is 0 Å². The standard InChI is InChI=1S/C24H27N3O3/c1-26(22(18-7-3-2-4-8-18)16-27-14-12-19(28)15-27)24(29)17-30-23-11-13-25-21-10-6-5-9-20(21)23/h2-11,13,19,22,28H,12,14-17H2,1H3/t19-,22+/m0/s1. The van der Waals surface area contributed by atoms with Crippen LogP contribution in [0.1, 0.15) is 18.0 Å². The summed E-state index contributed by atoms with van der Waals surface area (Å²) < 4.78 is 5.89. The molecule has 1 amide bonds. The van der Waals surface area contributed by atoms with Crippen LogP contribution in [0.5, 0.6) is 5.75 Å². The number of likely N-dealkylation sites (N-methyl/N-ethyl adjacent to an activating group) is 1. The Morgan fingerprint density at radius 2 is 1.97 bits per heavy atom. The average Bonchev–Trinajstić information content (AvgIpc) is 3.20. The van der Waals surface area contributed by atoms with Crippen molar-refractivity contribution in [2.45, 2.75) is 18.6 Å². The molecule has 0 spiro atoms. The third-order valence-corrected chi connectivity index (χ3v) is 5.68. The van der Waals surface area contributed by atoms with Gasteiger partial charge in [0, 0.05) is 38.3 Å². The molecule has 1 aliphatic rings. The van der Waals surface area contributed by atoms with Crippen molar-refractivity contribution in [3.8, 4) is 5.75 Å². The van der Waals surface area contributed by atoms with Crippen molar-refractivity contribution in [1.29, 1.82) is 0 Å². The molecule has 1 aliphatic heterocycles. The molecule has 0 radical (unpaired) electrons. The lowest BCUT2D eigenvalue weighted by Gasteiger charge is -2.32. The fourth-order valence-corrected chi connectivity index (χ4v) is 3.96. The van der Waals surface area contributed by atoms with Gasteiger partial charge in [-0.25, -0.2) is 0 Å². The van der Waals surface area contributed by atoms with Crippen LogP contribution in [-0.4, -0.2) is 65.2 Å². The van der Waals surface area contributed by atoms with Gasteiger partial charge in [-0.1, -0.05) is 42.5 Å². The number of fused-ring (bicyclic) bond motifs is 1. The fourth-order valence-electron chi connectivity index (χ4n) is 3.96. The van der Waals surface area contributed by atoms with Crippen LogP contribution in [0.4, 0.5) is 0 Å². The van der Waals surface area contributed by atoms with E-state index in [4.69, 9.17) is 4.74 Å². The molecule has 0 bridgehead atoms. The molecule has 1 saturated heterocycles. The summed E-state index contributed by atoms with van der Waals surface area (Å²) in [4.78, 5) is 21.3. The molecule has 0 aliphatic carbocycles.